The van der Waals surface area contributed by atoms with Gasteiger partial charge in [0.2, 0.25) is 11.8 Å². The van der Waals surface area contributed by atoms with E-state index in [1.54, 1.807) is 19.9 Å². The predicted molar refractivity (Wildman–Crippen MR) is 145 cm³/mol. The van der Waals surface area contributed by atoms with Crippen LogP contribution in [0.3, 0.4) is 0 Å². The molecule has 2 saturated carbocycles. The second-order valence-electron chi connectivity index (χ2n) is 10.3. The molecule has 1 aromatic rings. The Bertz CT molecular complexity index is 1070. The number of carbonyl (C=O) groups excluding carboxylic acids is 2. The van der Waals surface area contributed by atoms with Crippen LogP contribution in [0.5, 0.6) is 0 Å². The highest BCUT2D eigenvalue weighted by Crippen LogP contribution is 2.54. The molecule has 37 heavy (non-hydrogen) atoms. The minimum Gasteiger partial charge on any atom is -0.369 e. The highest BCUT2D eigenvalue weighted by atomic mass is 19.1. The summed E-state index contributed by atoms with van der Waals surface area (Å²) in [5.74, 6) is -0.298. The smallest absolute Gasteiger partial charge is 0.251 e. The molecule has 2 aliphatic carbocycles. The van der Waals surface area contributed by atoms with Crippen molar-refractivity contribution >= 4 is 29.3 Å². The molecule has 4 N–H and O–H groups in total. The fourth-order valence-electron chi connectivity index (χ4n) is 5.77. The maximum Gasteiger partial charge on any atom is 0.251 e. The summed E-state index contributed by atoms with van der Waals surface area (Å²) in [6, 6.07) is -0.256. The van der Waals surface area contributed by atoms with Crippen LogP contribution in [-0.2, 0) is 9.59 Å². The van der Waals surface area contributed by atoms with Crippen molar-refractivity contribution in [3.8, 4) is 0 Å². The van der Waals surface area contributed by atoms with Crippen molar-refractivity contribution in [3.63, 3.8) is 0 Å². The minimum absolute atomic E-state index is 0.0312. The van der Waals surface area contributed by atoms with Crippen molar-refractivity contribution in [1.29, 1.82) is 0 Å². The van der Waals surface area contributed by atoms with Crippen molar-refractivity contribution < 1.29 is 14.0 Å². The summed E-state index contributed by atoms with van der Waals surface area (Å²) in [5, 5.41) is 6.06. The van der Waals surface area contributed by atoms with Crippen LogP contribution in [0.2, 0.25) is 0 Å². The van der Waals surface area contributed by atoms with Gasteiger partial charge >= 0.3 is 0 Å². The number of anilines is 1. The Morgan fingerprint density at radius 2 is 2.00 bits per heavy atom. The van der Waals surface area contributed by atoms with E-state index >= 15 is 0 Å². The third kappa shape index (κ3) is 7.02. The number of nitrogens with zero attached hydrogens (tertiary/aromatic N) is 3. The number of aliphatic imine (C=N–C) groups is 1. The topological polar surface area (TPSA) is 122 Å². The molecule has 1 heterocycles. The number of aromatic nitrogens is 2. The third-order valence-electron chi connectivity index (χ3n) is 7.66. The molecule has 2 fully saturated rings. The zero-order valence-corrected chi connectivity index (χ0v) is 22.5. The number of amides is 2. The van der Waals surface area contributed by atoms with Crippen LogP contribution in [0.4, 0.5) is 16.2 Å². The average molecular weight is 513 g/mol. The number of hydrogen-bond acceptors (Lipinski definition) is 6. The van der Waals surface area contributed by atoms with E-state index in [9.17, 15) is 14.0 Å². The number of hydrogen-bond donors (Lipinski definition) is 3. The van der Waals surface area contributed by atoms with E-state index in [2.05, 4.69) is 39.1 Å². The van der Waals surface area contributed by atoms with E-state index in [0.717, 1.165) is 38.3 Å². The lowest BCUT2D eigenvalue weighted by Crippen LogP contribution is -2.45. The number of halogens is 1. The third-order valence-corrected chi connectivity index (χ3v) is 7.66. The number of nitrogens with two attached hydrogens (primary N) is 1. The zero-order chi connectivity index (χ0) is 27.1. The number of unbranched alkanes of at least 4 members (excludes halogenated alkanes) is 2. The van der Waals surface area contributed by atoms with Crippen molar-refractivity contribution in [2.75, 3.05) is 5.32 Å². The summed E-state index contributed by atoms with van der Waals surface area (Å²) in [5.41, 5.74) is 7.65. The lowest BCUT2D eigenvalue weighted by atomic mass is 9.76. The Morgan fingerprint density at radius 1 is 1.24 bits per heavy atom. The Balaban J connectivity index is 1.85. The molecule has 2 amide bonds. The fourth-order valence-corrected chi connectivity index (χ4v) is 5.77. The molecule has 3 rings (SSSR count). The van der Waals surface area contributed by atoms with Gasteiger partial charge in [-0.3, -0.25) is 9.59 Å². The average Bonchev–Trinajstić information content (AvgIpc) is 3.43. The summed E-state index contributed by atoms with van der Waals surface area (Å²) in [6.45, 7) is 11.6. The molecule has 5 unspecified atom stereocenters. The number of allylic oxidation sites excluding steroid dienone is 2. The lowest BCUT2D eigenvalue weighted by Gasteiger charge is -2.35. The van der Waals surface area contributed by atoms with Crippen molar-refractivity contribution in [3.05, 3.63) is 35.9 Å². The van der Waals surface area contributed by atoms with E-state index in [4.69, 9.17) is 5.73 Å². The fraction of sp³-hybridized carbons (Fsp3) is 0.607. The number of fused-ring (bicyclic) bond motifs is 2. The highest BCUT2D eigenvalue weighted by molar-refractivity contribution is 5.97. The highest BCUT2D eigenvalue weighted by Gasteiger charge is 2.54. The largest absolute Gasteiger partial charge is 0.369 e. The van der Waals surface area contributed by atoms with E-state index in [-0.39, 0.29) is 47.4 Å². The van der Waals surface area contributed by atoms with Gasteiger partial charge in [-0.05, 0) is 55.6 Å². The van der Waals surface area contributed by atoms with Gasteiger partial charge < -0.3 is 16.4 Å². The summed E-state index contributed by atoms with van der Waals surface area (Å²) < 4.78 is 14.8. The van der Waals surface area contributed by atoms with Crippen molar-refractivity contribution in [1.82, 2.24) is 15.3 Å². The van der Waals surface area contributed by atoms with Crippen LogP contribution in [0.15, 0.2) is 35.1 Å². The Labute approximate surface area is 219 Å². The quantitative estimate of drug-likeness (QED) is 0.190. The van der Waals surface area contributed by atoms with Crippen LogP contribution >= 0.6 is 0 Å². The minimum atomic E-state index is -0.598. The molecule has 202 valence electrons. The summed E-state index contributed by atoms with van der Waals surface area (Å²) >= 11 is 0. The molecule has 0 saturated heterocycles. The van der Waals surface area contributed by atoms with Gasteiger partial charge in [0.05, 0.1) is 12.1 Å². The van der Waals surface area contributed by atoms with Gasteiger partial charge in [0, 0.05) is 23.9 Å². The van der Waals surface area contributed by atoms with Gasteiger partial charge in [0.1, 0.15) is 0 Å². The molecule has 0 aliphatic heterocycles. The molecule has 0 radical (unpaired) electrons. The number of rotatable bonds is 13. The van der Waals surface area contributed by atoms with E-state index in [0.29, 0.717) is 35.7 Å². The van der Waals surface area contributed by atoms with E-state index in [1.165, 1.54) is 6.42 Å². The molecular weight excluding hydrogens is 471 g/mol. The first-order valence-electron chi connectivity index (χ1n) is 13.5. The van der Waals surface area contributed by atoms with Crippen LogP contribution in [0.25, 0.3) is 0 Å². The zero-order valence-electron chi connectivity index (χ0n) is 22.5. The predicted octanol–water partition coefficient (Wildman–Crippen LogP) is 5.20. The van der Waals surface area contributed by atoms with Crippen LogP contribution in [-0.4, -0.2) is 33.5 Å². The van der Waals surface area contributed by atoms with Crippen LogP contribution in [0, 0.1) is 29.5 Å². The van der Waals surface area contributed by atoms with Gasteiger partial charge in [-0.25, -0.2) is 14.4 Å². The van der Waals surface area contributed by atoms with Crippen LogP contribution in [0.1, 0.15) is 79.1 Å². The number of nitrogens with one attached hydrogen (secondary N) is 2. The molecule has 2 bridgehead atoms. The van der Waals surface area contributed by atoms with Gasteiger partial charge in [0.25, 0.3) is 5.95 Å². The van der Waals surface area contributed by atoms with E-state index in [1.807, 2.05) is 6.92 Å². The maximum atomic E-state index is 14.8. The van der Waals surface area contributed by atoms with Gasteiger partial charge in [-0.1, -0.05) is 53.0 Å². The van der Waals surface area contributed by atoms with Gasteiger partial charge in [-0.2, -0.15) is 4.98 Å². The lowest BCUT2D eigenvalue weighted by molar-refractivity contribution is -0.124. The molecule has 9 heteroatoms. The maximum absolute atomic E-state index is 14.8. The monoisotopic (exact) mass is 512 g/mol. The molecule has 5 atom stereocenters. The molecule has 0 aromatic carbocycles. The van der Waals surface area contributed by atoms with Crippen molar-refractivity contribution in [2.45, 2.75) is 85.1 Å². The Hall–Kier alpha value is -3.10. The van der Waals surface area contributed by atoms with Gasteiger partial charge in [-0.15, -0.1) is 0 Å². The first-order valence-corrected chi connectivity index (χ1v) is 13.5. The summed E-state index contributed by atoms with van der Waals surface area (Å²) in [4.78, 5) is 37.1. The number of carbonyl (C=O) groups is 2. The normalized spacial score (nSPS) is 25.3. The van der Waals surface area contributed by atoms with Crippen molar-refractivity contribution in [2.24, 2.45) is 34.4 Å². The Kier molecular flexibility index (Phi) is 9.94. The van der Waals surface area contributed by atoms with Crippen LogP contribution < -0.4 is 16.4 Å². The van der Waals surface area contributed by atoms with Gasteiger partial charge in [0.15, 0.2) is 11.6 Å². The molecule has 1 aromatic heterocycles. The Morgan fingerprint density at radius 3 is 2.62 bits per heavy atom. The molecule has 8 nitrogen and oxygen atoms in total. The second-order valence-corrected chi connectivity index (χ2v) is 10.3. The number of primary amides is 1. The second kappa shape index (κ2) is 12.9. The molecular formula is C28H41FN6O2. The standard InChI is InChI=1S/C28H41FN6O2/c1-6-9-10-11-17-12-18-13-20(17)25(24(18)26(30)37)34-27-21(29)15-31-28(35-27)32-19(7-2)14-22(16(4)5)33-23(36)8-3/h14-15,17-18,20,24-25H,4,6-13H2,1-3,5H3,(H2,30,37)(H,33,36)(H,31,34,35)/b22-14+,32-19?. The SMILES string of the molecule is C=C(C)/C(=C\C(CC)=Nc1ncc(F)c(NC2C3CC(CC3CCCCC)C2C(N)=O)n1)NC(=O)CC. The molecule has 0 spiro atoms. The summed E-state index contributed by atoms with van der Waals surface area (Å²) in [7, 11) is 0. The molecule has 2 aliphatic rings. The van der Waals surface area contributed by atoms with E-state index < -0.39 is 5.82 Å². The first kappa shape index (κ1) is 28.5. The first-order chi connectivity index (χ1) is 17.7. The summed E-state index contributed by atoms with van der Waals surface area (Å²) in [6.07, 6.45) is 10.3.